The molecule has 5 nitrogen and oxygen atoms in total. The van der Waals surface area contributed by atoms with Crippen molar-refractivity contribution in [1.29, 1.82) is 5.26 Å². The van der Waals surface area contributed by atoms with E-state index < -0.39 is 0 Å². The lowest BCUT2D eigenvalue weighted by Gasteiger charge is -2.09. The van der Waals surface area contributed by atoms with Gasteiger partial charge in [0.25, 0.3) is 5.91 Å². The number of carbonyl (C=O) groups is 1. The zero-order chi connectivity index (χ0) is 15.1. The maximum atomic E-state index is 11.8. The predicted molar refractivity (Wildman–Crippen MR) is 77.6 cm³/mol. The number of nitrogens with one attached hydrogen (secondary N) is 1. The molecule has 2 aromatic rings. The molecular formula is C16H14N2O3. The van der Waals surface area contributed by atoms with Crippen LogP contribution in [0.25, 0.3) is 0 Å². The average Bonchev–Trinajstić information content (AvgIpc) is 2.53. The van der Waals surface area contributed by atoms with Crippen LogP contribution < -0.4 is 10.1 Å². The van der Waals surface area contributed by atoms with Crippen LogP contribution in [0.1, 0.15) is 11.1 Å². The monoisotopic (exact) mass is 282 g/mol. The number of carbonyl (C=O) groups excluding carboxylic acids is 1. The van der Waals surface area contributed by atoms with Crippen LogP contribution in [0, 0.1) is 11.3 Å². The van der Waals surface area contributed by atoms with E-state index in [0.29, 0.717) is 22.6 Å². The van der Waals surface area contributed by atoms with Gasteiger partial charge in [-0.1, -0.05) is 24.3 Å². The second-order valence-corrected chi connectivity index (χ2v) is 4.30. The molecule has 2 aromatic carbocycles. The molecule has 0 aliphatic heterocycles. The van der Waals surface area contributed by atoms with Crippen LogP contribution in [0.3, 0.4) is 0 Å². The highest BCUT2D eigenvalue weighted by Gasteiger charge is 2.07. The summed E-state index contributed by atoms with van der Waals surface area (Å²) in [4.78, 5) is 11.8. The Balaban J connectivity index is 1.94. The molecule has 0 aliphatic rings. The SMILES string of the molecule is N#Cc1ccccc1NC(=O)COc1cccc(CO)c1. The summed E-state index contributed by atoms with van der Waals surface area (Å²) in [6.07, 6.45) is 0. The summed E-state index contributed by atoms with van der Waals surface area (Å²) < 4.78 is 5.35. The van der Waals surface area contributed by atoms with E-state index >= 15 is 0 Å². The van der Waals surface area contributed by atoms with Gasteiger partial charge in [-0.3, -0.25) is 4.79 Å². The van der Waals surface area contributed by atoms with Crippen LogP contribution >= 0.6 is 0 Å². The van der Waals surface area contributed by atoms with Crippen molar-refractivity contribution in [1.82, 2.24) is 0 Å². The van der Waals surface area contributed by atoms with Crippen LogP contribution in [-0.4, -0.2) is 17.6 Å². The third-order valence-corrected chi connectivity index (χ3v) is 2.77. The van der Waals surface area contributed by atoms with Gasteiger partial charge >= 0.3 is 0 Å². The Labute approximate surface area is 122 Å². The number of hydrogen-bond acceptors (Lipinski definition) is 4. The van der Waals surface area contributed by atoms with Crippen molar-refractivity contribution < 1.29 is 14.6 Å². The maximum Gasteiger partial charge on any atom is 0.262 e. The molecular weight excluding hydrogens is 268 g/mol. The Morgan fingerprint density at radius 2 is 2.05 bits per heavy atom. The molecule has 0 spiro atoms. The smallest absolute Gasteiger partial charge is 0.262 e. The third-order valence-electron chi connectivity index (χ3n) is 2.77. The summed E-state index contributed by atoms with van der Waals surface area (Å²) in [6, 6.07) is 15.6. The van der Waals surface area contributed by atoms with Crippen LogP contribution in [0.2, 0.25) is 0 Å². The van der Waals surface area contributed by atoms with Crippen molar-refractivity contribution in [2.24, 2.45) is 0 Å². The van der Waals surface area contributed by atoms with Crippen LogP contribution in [0.4, 0.5) is 5.69 Å². The summed E-state index contributed by atoms with van der Waals surface area (Å²) >= 11 is 0. The van der Waals surface area contributed by atoms with E-state index in [9.17, 15) is 4.79 Å². The van der Waals surface area contributed by atoms with Gasteiger partial charge in [0, 0.05) is 0 Å². The summed E-state index contributed by atoms with van der Waals surface area (Å²) in [7, 11) is 0. The number of amides is 1. The van der Waals surface area contributed by atoms with Gasteiger partial charge in [0.15, 0.2) is 6.61 Å². The molecule has 0 bridgehead atoms. The number of rotatable bonds is 5. The first-order chi connectivity index (χ1) is 10.2. The lowest BCUT2D eigenvalue weighted by molar-refractivity contribution is -0.118. The van der Waals surface area contributed by atoms with Crippen molar-refractivity contribution in [2.45, 2.75) is 6.61 Å². The minimum Gasteiger partial charge on any atom is -0.484 e. The molecule has 106 valence electrons. The van der Waals surface area contributed by atoms with Gasteiger partial charge in [0.2, 0.25) is 0 Å². The van der Waals surface area contributed by atoms with Gasteiger partial charge in [-0.2, -0.15) is 5.26 Å². The van der Waals surface area contributed by atoms with E-state index in [2.05, 4.69) is 5.32 Å². The molecule has 2 rings (SSSR count). The Kier molecular flexibility index (Phi) is 4.91. The van der Waals surface area contributed by atoms with E-state index in [4.69, 9.17) is 15.1 Å². The Bertz CT molecular complexity index is 677. The van der Waals surface area contributed by atoms with Gasteiger partial charge in [-0.05, 0) is 29.8 Å². The Morgan fingerprint density at radius 3 is 2.81 bits per heavy atom. The van der Waals surface area contributed by atoms with Crippen molar-refractivity contribution in [3.8, 4) is 11.8 Å². The van der Waals surface area contributed by atoms with Crippen molar-refractivity contribution >= 4 is 11.6 Å². The molecule has 2 N–H and O–H groups in total. The zero-order valence-corrected chi connectivity index (χ0v) is 11.2. The van der Waals surface area contributed by atoms with Crippen LogP contribution in [0.5, 0.6) is 5.75 Å². The summed E-state index contributed by atoms with van der Waals surface area (Å²) in [5.41, 5.74) is 1.56. The number of nitrogens with zero attached hydrogens (tertiary/aromatic N) is 1. The second kappa shape index (κ2) is 7.08. The fourth-order valence-corrected chi connectivity index (χ4v) is 1.76. The van der Waals surface area contributed by atoms with Gasteiger partial charge in [-0.25, -0.2) is 0 Å². The Morgan fingerprint density at radius 1 is 1.24 bits per heavy atom. The number of anilines is 1. The molecule has 21 heavy (non-hydrogen) atoms. The third kappa shape index (κ3) is 4.06. The Hall–Kier alpha value is -2.84. The molecule has 0 saturated carbocycles. The number of benzene rings is 2. The predicted octanol–water partition coefficient (Wildman–Crippen LogP) is 2.07. The molecule has 0 unspecified atom stereocenters. The van der Waals surface area contributed by atoms with Gasteiger partial charge in [0.05, 0.1) is 17.9 Å². The van der Waals surface area contributed by atoms with Gasteiger partial charge in [0.1, 0.15) is 11.8 Å². The lowest BCUT2D eigenvalue weighted by Crippen LogP contribution is -2.20. The van der Waals surface area contributed by atoms with E-state index in [1.165, 1.54) is 0 Å². The van der Waals surface area contributed by atoms with E-state index in [-0.39, 0.29) is 19.1 Å². The van der Waals surface area contributed by atoms with E-state index in [1.807, 2.05) is 6.07 Å². The molecule has 5 heteroatoms. The first kappa shape index (κ1) is 14.6. The van der Waals surface area contributed by atoms with Gasteiger partial charge < -0.3 is 15.2 Å². The molecule has 0 aliphatic carbocycles. The largest absolute Gasteiger partial charge is 0.484 e. The summed E-state index contributed by atoms with van der Waals surface area (Å²) in [5, 5.41) is 20.6. The second-order valence-electron chi connectivity index (χ2n) is 4.30. The molecule has 1 amide bonds. The molecule has 0 fully saturated rings. The van der Waals surface area contributed by atoms with Crippen molar-refractivity contribution in [3.63, 3.8) is 0 Å². The quantitative estimate of drug-likeness (QED) is 0.879. The number of ether oxygens (including phenoxy) is 1. The minimum absolute atomic E-state index is 0.0844. The summed E-state index contributed by atoms with van der Waals surface area (Å²) in [6.45, 7) is -0.256. The zero-order valence-electron chi connectivity index (χ0n) is 11.2. The summed E-state index contributed by atoms with van der Waals surface area (Å²) in [5.74, 6) is 0.150. The number of nitriles is 1. The van der Waals surface area contributed by atoms with E-state index in [1.54, 1.807) is 48.5 Å². The fraction of sp³-hybridized carbons (Fsp3) is 0.125. The number of aliphatic hydroxyl groups is 1. The van der Waals surface area contributed by atoms with Gasteiger partial charge in [-0.15, -0.1) is 0 Å². The van der Waals surface area contributed by atoms with E-state index in [0.717, 1.165) is 0 Å². The highest BCUT2D eigenvalue weighted by molar-refractivity contribution is 5.93. The number of aliphatic hydroxyl groups excluding tert-OH is 1. The van der Waals surface area contributed by atoms with Crippen molar-refractivity contribution in [3.05, 3.63) is 59.7 Å². The average molecular weight is 282 g/mol. The van der Waals surface area contributed by atoms with Crippen LogP contribution in [0.15, 0.2) is 48.5 Å². The molecule has 0 heterocycles. The van der Waals surface area contributed by atoms with Crippen LogP contribution in [-0.2, 0) is 11.4 Å². The standard InChI is InChI=1S/C16H14N2O3/c17-9-13-5-1-2-7-15(13)18-16(20)11-21-14-6-3-4-12(8-14)10-19/h1-8,19H,10-11H2,(H,18,20). The number of hydrogen-bond donors (Lipinski definition) is 2. The topological polar surface area (TPSA) is 82.4 Å². The maximum absolute atomic E-state index is 11.8. The highest BCUT2D eigenvalue weighted by Crippen LogP contribution is 2.15. The molecule has 0 saturated heterocycles. The first-order valence-electron chi connectivity index (χ1n) is 6.34. The normalized spacial score (nSPS) is 9.71. The number of para-hydroxylation sites is 1. The molecule has 0 radical (unpaired) electrons. The molecule has 0 aromatic heterocycles. The minimum atomic E-state index is -0.355. The lowest BCUT2D eigenvalue weighted by atomic mass is 10.2. The fourth-order valence-electron chi connectivity index (χ4n) is 1.76. The first-order valence-corrected chi connectivity index (χ1v) is 6.34. The highest BCUT2D eigenvalue weighted by atomic mass is 16.5. The molecule has 0 atom stereocenters. The van der Waals surface area contributed by atoms with Crippen molar-refractivity contribution in [2.75, 3.05) is 11.9 Å².